The minimum atomic E-state index is -0.490. The summed E-state index contributed by atoms with van der Waals surface area (Å²) in [5.74, 6) is -0.0716. The molecule has 0 fully saturated rings. The Labute approximate surface area is 315 Å². The molecule has 0 saturated carbocycles. The van der Waals surface area contributed by atoms with Gasteiger partial charge in [-0.1, -0.05) is 61.1 Å². The molecule has 2 amide bonds. The summed E-state index contributed by atoms with van der Waals surface area (Å²) >= 11 is 0. The smallest absolute Gasteiger partial charge is 0.343 e. The average Bonchev–Trinajstić information content (AvgIpc) is 3.17. The Morgan fingerprint density at radius 2 is 0.889 bits per heavy atom. The average molecular weight is 735 g/mol. The highest BCUT2D eigenvalue weighted by Gasteiger charge is 2.14. The van der Waals surface area contributed by atoms with Gasteiger partial charge in [0.1, 0.15) is 0 Å². The highest BCUT2D eigenvalue weighted by molar-refractivity contribution is 5.92. The first-order chi connectivity index (χ1) is 26.1. The van der Waals surface area contributed by atoms with Crippen LogP contribution in [0.1, 0.15) is 94.3 Å². The number of rotatable bonds is 19. The van der Waals surface area contributed by atoms with Crippen LogP contribution < -0.4 is 29.8 Å². The Kier molecular flexibility index (Phi) is 15.9. The van der Waals surface area contributed by atoms with Crippen molar-refractivity contribution in [3.63, 3.8) is 0 Å². The lowest BCUT2D eigenvalue weighted by molar-refractivity contribution is -0.122. The van der Waals surface area contributed by atoms with Gasteiger partial charge in [-0.25, -0.2) is 20.4 Å². The van der Waals surface area contributed by atoms with Gasteiger partial charge in [-0.05, 0) is 98.5 Å². The van der Waals surface area contributed by atoms with E-state index < -0.39 is 11.9 Å². The summed E-state index contributed by atoms with van der Waals surface area (Å²) < 4.78 is 21.7. The summed E-state index contributed by atoms with van der Waals surface area (Å²) in [6.45, 7) is 3.88. The summed E-state index contributed by atoms with van der Waals surface area (Å²) in [4.78, 5) is 49.4. The maximum absolute atomic E-state index is 12.5. The number of aryl methyl sites for hydroxylation is 2. The van der Waals surface area contributed by atoms with Gasteiger partial charge in [-0.15, -0.1) is 0 Å². The molecule has 4 aromatic carbocycles. The second kappa shape index (κ2) is 21.3. The second-order valence-electron chi connectivity index (χ2n) is 12.5. The van der Waals surface area contributed by atoms with Crippen molar-refractivity contribution in [2.75, 3.05) is 14.2 Å². The van der Waals surface area contributed by atoms with E-state index in [1.165, 1.54) is 26.6 Å². The van der Waals surface area contributed by atoms with E-state index in [2.05, 4.69) is 21.1 Å². The Hall–Kier alpha value is -6.30. The zero-order chi connectivity index (χ0) is 38.7. The molecule has 0 radical (unpaired) electrons. The Morgan fingerprint density at radius 1 is 0.519 bits per heavy atom. The van der Waals surface area contributed by atoms with Gasteiger partial charge >= 0.3 is 11.9 Å². The fourth-order valence-corrected chi connectivity index (χ4v) is 5.14. The number of amides is 2. The van der Waals surface area contributed by atoms with E-state index in [4.69, 9.17) is 18.9 Å². The van der Waals surface area contributed by atoms with Crippen LogP contribution in [0.4, 0.5) is 0 Å². The normalized spacial score (nSPS) is 11.0. The van der Waals surface area contributed by atoms with Crippen LogP contribution in [0, 0.1) is 13.8 Å². The van der Waals surface area contributed by atoms with Crippen LogP contribution in [0.2, 0.25) is 0 Å². The molecule has 282 valence electrons. The molecule has 0 aliphatic carbocycles. The molecule has 0 aromatic heterocycles. The van der Waals surface area contributed by atoms with Crippen LogP contribution in [-0.4, -0.2) is 50.4 Å². The number of esters is 2. The fourth-order valence-electron chi connectivity index (χ4n) is 5.14. The third-order valence-corrected chi connectivity index (χ3v) is 8.22. The zero-order valence-electron chi connectivity index (χ0n) is 31.1. The quantitative estimate of drug-likeness (QED) is 0.0331. The van der Waals surface area contributed by atoms with Crippen molar-refractivity contribution in [3.8, 4) is 23.0 Å². The summed E-state index contributed by atoms with van der Waals surface area (Å²) in [5, 5.41) is 8.06. The minimum Gasteiger partial charge on any atom is -0.493 e. The van der Waals surface area contributed by atoms with E-state index >= 15 is 0 Å². The van der Waals surface area contributed by atoms with Gasteiger partial charge in [0.25, 0.3) is 0 Å². The predicted octanol–water partition coefficient (Wildman–Crippen LogP) is 7.48. The summed E-state index contributed by atoms with van der Waals surface area (Å²) in [7, 11) is 2.96. The molecule has 0 saturated heterocycles. The molecule has 0 aliphatic heterocycles. The molecule has 0 bridgehead atoms. The SMILES string of the molecule is COc1cc(C=NNC(=O)CCCCCCCCC(=O)NN=Cc2ccc(OC(=O)c3ccc(C)cc3)c(OC)c2)ccc1OC(=O)c1ccc(C)cc1. The van der Waals surface area contributed by atoms with Crippen LogP contribution in [0.15, 0.2) is 95.1 Å². The van der Waals surface area contributed by atoms with Crippen LogP contribution in [0.25, 0.3) is 0 Å². The summed E-state index contributed by atoms with van der Waals surface area (Å²) in [5.41, 5.74) is 9.35. The fraction of sp³-hybridized carbons (Fsp3) is 0.286. The van der Waals surface area contributed by atoms with E-state index in [1.54, 1.807) is 60.7 Å². The highest BCUT2D eigenvalue weighted by Crippen LogP contribution is 2.29. The number of hydrogen-bond acceptors (Lipinski definition) is 10. The first kappa shape index (κ1) is 40.5. The number of carbonyl (C=O) groups is 4. The van der Waals surface area contributed by atoms with E-state index in [9.17, 15) is 19.2 Å². The number of benzene rings is 4. The van der Waals surface area contributed by atoms with Gasteiger partial charge in [-0.3, -0.25) is 9.59 Å². The first-order valence-corrected chi connectivity index (χ1v) is 17.7. The minimum absolute atomic E-state index is 0.185. The van der Waals surface area contributed by atoms with Gasteiger partial charge in [0.15, 0.2) is 23.0 Å². The van der Waals surface area contributed by atoms with Crippen molar-refractivity contribution < 1.29 is 38.1 Å². The number of methoxy groups -OCH3 is 2. The van der Waals surface area contributed by atoms with E-state index in [0.29, 0.717) is 46.6 Å². The van der Waals surface area contributed by atoms with E-state index in [0.717, 1.165) is 49.7 Å². The van der Waals surface area contributed by atoms with Crippen LogP contribution in [0.3, 0.4) is 0 Å². The lowest BCUT2D eigenvalue weighted by Crippen LogP contribution is -2.17. The standard InChI is InChI=1S/C42H46N4O8/c1-29-13-19-33(20-14-29)41(49)53-35-23-17-31(25-37(35)51-3)27-43-45-39(47)11-9-7-5-6-8-10-12-40(48)46-44-28-32-18-24-36(38(26-32)52-4)54-42(50)34-21-15-30(2)16-22-34/h13-28H,5-12H2,1-4H3,(H,45,47)(H,46,48). The van der Waals surface area contributed by atoms with Gasteiger partial charge in [-0.2, -0.15) is 10.2 Å². The molecule has 0 heterocycles. The highest BCUT2D eigenvalue weighted by atomic mass is 16.6. The molecule has 0 atom stereocenters. The van der Waals surface area contributed by atoms with Crippen molar-refractivity contribution in [3.05, 3.63) is 118 Å². The van der Waals surface area contributed by atoms with Crippen molar-refractivity contribution >= 4 is 36.2 Å². The van der Waals surface area contributed by atoms with Crippen molar-refractivity contribution in [2.24, 2.45) is 10.2 Å². The van der Waals surface area contributed by atoms with Crippen molar-refractivity contribution in [2.45, 2.75) is 65.2 Å². The van der Waals surface area contributed by atoms with Crippen LogP contribution >= 0.6 is 0 Å². The van der Waals surface area contributed by atoms with E-state index in [-0.39, 0.29) is 23.3 Å². The number of ether oxygens (including phenoxy) is 4. The summed E-state index contributed by atoms with van der Waals surface area (Å²) in [6.07, 6.45) is 8.83. The summed E-state index contributed by atoms with van der Waals surface area (Å²) in [6, 6.07) is 24.1. The number of unbranched alkanes of at least 4 members (excludes halogenated alkanes) is 5. The maximum atomic E-state index is 12.5. The molecule has 12 heteroatoms. The number of nitrogens with one attached hydrogen (secondary N) is 2. The van der Waals surface area contributed by atoms with Gasteiger partial charge < -0.3 is 18.9 Å². The molecule has 0 aliphatic rings. The lowest BCUT2D eigenvalue weighted by atomic mass is 10.1. The predicted molar refractivity (Wildman–Crippen MR) is 207 cm³/mol. The Bertz CT molecular complexity index is 1800. The third-order valence-electron chi connectivity index (χ3n) is 8.22. The molecule has 54 heavy (non-hydrogen) atoms. The van der Waals surface area contributed by atoms with Crippen LogP contribution in [-0.2, 0) is 9.59 Å². The molecule has 4 rings (SSSR count). The van der Waals surface area contributed by atoms with Gasteiger partial charge in [0.2, 0.25) is 11.8 Å². The topological polar surface area (TPSA) is 154 Å². The van der Waals surface area contributed by atoms with Crippen LogP contribution in [0.5, 0.6) is 23.0 Å². The molecular formula is C42H46N4O8. The maximum Gasteiger partial charge on any atom is 0.343 e. The molecule has 0 unspecified atom stereocenters. The largest absolute Gasteiger partial charge is 0.493 e. The molecule has 2 N–H and O–H groups in total. The van der Waals surface area contributed by atoms with Gasteiger partial charge in [0.05, 0.1) is 37.8 Å². The van der Waals surface area contributed by atoms with Gasteiger partial charge in [0, 0.05) is 12.8 Å². The first-order valence-electron chi connectivity index (χ1n) is 17.7. The second-order valence-corrected chi connectivity index (χ2v) is 12.5. The number of hydrazone groups is 2. The lowest BCUT2D eigenvalue weighted by Gasteiger charge is -2.10. The number of carbonyl (C=O) groups excluding carboxylic acids is 4. The zero-order valence-corrected chi connectivity index (χ0v) is 31.1. The number of nitrogens with zero attached hydrogens (tertiary/aromatic N) is 2. The Morgan fingerprint density at radius 3 is 1.26 bits per heavy atom. The molecule has 4 aromatic rings. The Balaban J connectivity index is 1.06. The third kappa shape index (κ3) is 13.4. The molecule has 12 nitrogen and oxygen atoms in total. The van der Waals surface area contributed by atoms with E-state index in [1.807, 2.05) is 38.1 Å². The monoisotopic (exact) mass is 734 g/mol. The molecular weight excluding hydrogens is 688 g/mol. The molecule has 0 spiro atoms. The number of hydrogen-bond donors (Lipinski definition) is 2. The van der Waals surface area contributed by atoms with Crippen molar-refractivity contribution in [1.29, 1.82) is 0 Å². The van der Waals surface area contributed by atoms with Crippen molar-refractivity contribution in [1.82, 2.24) is 10.9 Å².